The number of thiophene rings is 4. The molecule has 4 aliphatic carbocycles. The number of benzene rings is 4. The first kappa shape index (κ1) is 119. The molecule has 0 radical (unpaired) electrons. The Hall–Kier alpha value is -8.96. The van der Waals surface area contributed by atoms with Crippen LogP contribution in [-0.2, 0) is 37.0 Å². The number of hydrogen-bond acceptors (Lipinski definition) is 32. The van der Waals surface area contributed by atoms with E-state index in [9.17, 15) is 57.3 Å². The van der Waals surface area contributed by atoms with Crippen LogP contribution in [0.1, 0.15) is 269 Å². The number of hydrogen-bond donors (Lipinski definition) is 9. The fourth-order valence-corrected chi connectivity index (χ4v) is 23.0. The average molecular weight is 2250 g/mol. The molecule has 0 saturated heterocycles. The van der Waals surface area contributed by atoms with E-state index in [1.165, 1.54) is 68.3 Å². The van der Waals surface area contributed by atoms with Crippen LogP contribution >= 0.6 is 138 Å². The van der Waals surface area contributed by atoms with Crippen molar-refractivity contribution in [3.05, 3.63) is 295 Å². The maximum absolute atomic E-state index is 13.3. The van der Waals surface area contributed by atoms with Crippen molar-refractivity contribution in [2.75, 3.05) is 41.1 Å². The molecule has 0 amide bonds. The normalized spacial score (nSPS) is 19.2. The van der Waals surface area contributed by atoms with Gasteiger partial charge in [-0.1, -0.05) is 225 Å². The maximum atomic E-state index is 13.3. The quantitative estimate of drug-likeness (QED) is 0.0149. The van der Waals surface area contributed by atoms with Gasteiger partial charge in [-0.15, -0.1) is 45.3 Å². The van der Waals surface area contributed by atoms with Crippen molar-refractivity contribution in [2.45, 2.75) is 178 Å². The zero-order valence-corrected chi connectivity index (χ0v) is 87.7. The molecule has 43 heteroatoms. The number of halogens is 8. The summed E-state index contributed by atoms with van der Waals surface area (Å²) < 4.78 is 50.8. The van der Waals surface area contributed by atoms with Crippen LogP contribution in [0.15, 0.2) is 171 Å². The van der Waals surface area contributed by atoms with Gasteiger partial charge in [0.25, 0.3) is 0 Å². The van der Waals surface area contributed by atoms with Gasteiger partial charge in [-0.2, -0.15) is 8.42 Å². The molecule has 0 spiro atoms. The van der Waals surface area contributed by atoms with Crippen molar-refractivity contribution < 1.29 is 90.4 Å². The fraction of sp³-hybridized carbons (Fsp3) is 0.370. The van der Waals surface area contributed by atoms with Crippen molar-refractivity contribution in [3.8, 4) is 0 Å². The number of nitrogens with two attached hydrogens (primary N) is 1. The Morgan fingerprint density at radius 1 is 0.448 bits per heavy atom. The molecule has 10 N–H and O–H groups in total. The van der Waals surface area contributed by atoms with Gasteiger partial charge in [0, 0.05) is 112 Å². The monoisotopic (exact) mass is 2250 g/mol. The number of carbonyl (C=O) groups excluding carboxylic acids is 7. The van der Waals surface area contributed by atoms with Gasteiger partial charge in [-0.3, -0.25) is 37.7 Å². The Bertz CT molecular complexity index is 6360. The molecule has 8 aromatic heterocycles. The van der Waals surface area contributed by atoms with Gasteiger partial charge in [0.1, 0.15) is 67.7 Å². The van der Waals surface area contributed by atoms with Crippen LogP contribution < -0.4 is 26.4 Å². The van der Waals surface area contributed by atoms with Crippen LogP contribution in [0.25, 0.3) is 0 Å². The van der Waals surface area contributed by atoms with Crippen LogP contribution in [0.4, 0.5) is 23.3 Å². The Balaban J connectivity index is 0.000000251. The predicted molar refractivity (Wildman–Crippen MR) is 566 cm³/mol. The van der Waals surface area contributed by atoms with E-state index >= 15 is 0 Å². The van der Waals surface area contributed by atoms with Crippen LogP contribution in [0, 0.1) is 41.4 Å². The molecule has 4 aromatic carbocycles. The molecular weight excluding hydrogens is 2140 g/mol. The van der Waals surface area contributed by atoms with Gasteiger partial charge in [0.2, 0.25) is 23.1 Å². The Morgan fingerprint density at radius 3 is 1.03 bits per heavy atom. The Labute approximate surface area is 895 Å². The number of anilines is 4. The zero-order valence-electron chi connectivity index (χ0n) is 77.4. The second-order valence-electron chi connectivity index (χ2n) is 33.1. The van der Waals surface area contributed by atoms with Crippen molar-refractivity contribution in [3.63, 3.8) is 0 Å². The number of aliphatic hydroxyl groups excluding tert-OH is 4. The number of nitrogens with one attached hydrogen (secondary N) is 4. The summed E-state index contributed by atoms with van der Waals surface area (Å²) >= 11 is 52.2. The minimum atomic E-state index is -4.12. The van der Waals surface area contributed by atoms with E-state index in [2.05, 4.69) is 99.9 Å². The SMILES string of the molecule is C.C.C.CCO.CC[C@H]1C[C@@H](Nc2ncncc2C(=O)c2cc(C(=O)c3cccc(Cl)c3)c(Cl)s2)C[C@@H]1C.CC[C@H]1C[C@@H](Nc2ncncc2C(=O)c2cc(C(O)c3cccc(Cl)c3)c(Cl)s2)C[C@@H]1C.C[C@H]1C[C@H](Nc2ncncc2C(=O)c2cc(C(=O)c3cccc(Cl)c3)c(Cl)s2)C[C@@H]1CO.NS(=O)(=O)OC[C@H]1C[C@@H](Nc2ncncc2C(=O)c2cc(C(=O)c3cccc(Cl)c3)c(Cl)s2)C[C@@H]1O.[2H]CC.[O]=[Mn]=[O]. The standard InChI is InChI=1S/C24H25Cl2N3O2S.C24H23Cl2N3O2S.C23H21Cl2N3O3S.C22H20Cl2N4O6S2.C2H6O.C2H6.3CH4.Mn.2O/c2*1-3-14-9-17(7-13(14)2)29-24-19(11-27-12-28-24)22(31)20-10-18(23(26)32-20)21(30)15-5-4-6-16(25)8-15;1-12-5-16(7-14(12)10-29)28-23-18(9-26-11-27-23)21(31)19-8-17(22(25)32-19)20(30)13-3-2-4-15(24)6-13;23-13-3-1-2-11(4-13)19(30)15-7-18(35-21(15)24)20(31)16-8-26-10-27-22(16)28-14-5-12(17(29)6-14)9-34-36(25,32)33;1-2-3;1-2;;;;;;/h4-6,8,10-14,17,21,30H,3,7,9H2,1-2H3,(H,27,28,29);4-6,8,10-14,17H,3,7,9H2,1-2H3,(H,27,28,29);2-4,6,8-9,11-12,14,16,29H,5,7,10H2,1H3,(H,26,27,28);1-4,7-8,10,12,14,17,29H,5-6,9H2,(H2,25,32,33)(H,26,27,28);3H,2H2,1H3;1-2H3;3*1H4;;;/t13-,14-,17-,21?;13-,14-,17-;12-,14+,16-;12-,14-,17+;;;;;;;;/m0001......../s1/i;;;;;1D;;;;;;. The van der Waals surface area contributed by atoms with Gasteiger partial charge in [0.15, 0.2) is 17.3 Å². The summed E-state index contributed by atoms with van der Waals surface area (Å²) in [6, 6.07) is 33.0. The van der Waals surface area contributed by atoms with Crippen LogP contribution in [0.5, 0.6) is 0 Å². The molecule has 16 rings (SSSR count). The zero-order chi connectivity index (χ0) is 103. The van der Waals surface area contributed by atoms with E-state index in [0.717, 1.165) is 96.7 Å². The minimum absolute atomic E-state index is 0. The number of aromatic nitrogens is 8. The van der Waals surface area contributed by atoms with Crippen molar-refractivity contribution >= 4 is 212 Å². The van der Waals surface area contributed by atoms with Gasteiger partial charge in [-0.25, -0.2) is 45.0 Å². The fourth-order valence-electron chi connectivity index (χ4n) is 16.9. The van der Waals surface area contributed by atoms with Crippen molar-refractivity contribution in [2.24, 2.45) is 46.6 Å². The summed E-state index contributed by atoms with van der Waals surface area (Å²) in [5, 5.41) is 58.2. The number of nitrogens with zero attached hydrogens (tertiary/aromatic N) is 8. The van der Waals surface area contributed by atoms with E-state index in [-0.39, 0.29) is 159 Å². The third-order valence-electron chi connectivity index (χ3n) is 23.8. The van der Waals surface area contributed by atoms with E-state index in [1.807, 2.05) is 0 Å². The first-order valence-corrected chi connectivity index (χ1v) is 52.8. The Kier molecular flexibility index (Phi) is 48.3. The second kappa shape index (κ2) is 58.0. The molecule has 4 fully saturated rings. The predicted octanol–water partition coefficient (Wildman–Crippen LogP) is 23.8. The number of aliphatic hydroxyl groups is 4. The van der Waals surface area contributed by atoms with Crippen molar-refractivity contribution in [1.29, 1.82) is 0 Å². The molecule has 0 bridgehead atoms. The van der Waals surface area contributed by atoms with Gasteiger partial charge in [-0.05, 0) is 172 Å². The van der Waals surface area contributed by atoms with Crippen LogP contribution in [0.3, 0.4) is 0 Å². The first-order valence-electron chi connectivity index (χ1n) is 44.8. The van der Waals surface area contributed by atoms with Gasteiger partial charge < -0.3 is 41.7 Å². The first-order chi connectivity index (χ1) is 67.4. The molecule has 0 aliphatic heterocycles. The molecule has 4 saturated carbocycles. The van der Waals surface area contributed by atoms with Crippen LogP contribution in [-0.4, -0.2) is 159 Å². The molecule has 143 heavy (non-hydrogen) atoms. The van der Waals surface area contributed by atoms with Crippen molar-refractivity contribution in [1.82, 2.24) is 39.9 Å². The third-order valence-corrected chi connectivity index (χ3v) is 30.7. The van der Waals surface area contributed by atoms with E-state index < -0.39 is 49.0 Å². The Morgan fingerprint density at radius 2 is 0.734 bits per heavy atom. The van der Waals surface area contributed by atoms with Crippen LogP contribution in [0.2, 0.25) is 37.4 Å². The molecule has 1 unspecified atom stereocenters. The summed E-state index contributed by atoms with van der Waals surface area (Å²) in [6.45, 7) is 15.2. The molecule has 29 nitrogen and oxygen atoms in total. The van der Waals surface area contributed by atoms with E-state index in [4.69, 9.17) is 112 Å². The summed E-state index contributed by atoms with van der Waals surface area (Å²) in [6.07, 6.45) is 18.4. The topological polar surface area (TPSA) is 455 Å². The van der Waals surface area contributed by atoms with Gasteiger partial charge >= 0.3 is 32.8 Å². The number of rotatable bonds is 30. The second-order valence-corrected chi connectivity index (χ2v) is 42.9. The summed E-state index contributed by atoms with van der Waals surface area (Å²) in [5.41, 5.74) is 4.20. The summed E-state index contributed by atoms with van der Waals surface area (Å²) in [7, 11) is -4.12. The molecule has 12 aromatic rings. The summed E-state index contributed by atoms with van der Waals surface area (Å²) in [5.74, 6) is 2.32. The third kappa shape index (κ3) is 33.0. The number of carbonyl (C=O) groups is 7. The molecule has 13 atom stereocenters. The van der Waals surface area contributed by atoms with E-state index in [0.29, 0.717) is 144 Å². The van der Waals surface area contributed by atoms with Gasteiger partial charge in [0.05, 0.1) is 75.5 Å². The molecule has 8 heterocycles. The number of ketones is 7. The van der Waals surface area contributed by atoms with E-state index in [1.54, 1.807) is 117 Å². The molecule has 767 valence electrons. The average Bonchev–Trinajstić information content (AvgIpc) is 1.66. The summed E-state index contributed by atoms with van der Waals surface area (Å²) in [4.78, 5) is 126. The molecule has 4 aliphatic rings. The molecular formula is C100H113Cl8MnN13O16S5.